The van der Waals surface area contributed by atoms with Crippen LogP contribution in [0, 0.1) is 0 Å². The highest BCUT2D eigenvalue weighted by Gasteiger charge is 2.07. The Balaban J connectivity index is 1.75. The Morgan fingerprint density at radius 3 is 2.41 bits per heavy atom. The maximum Gasteiger partial charge on any atom is 0.163 e. The van der Waals surface area contributed by atoms with E-state index in [9.17, 15) is 0 Å². The first-order valence-electron chi connectivity index (χ1n) is 9.16. The van der Waals surface area contributed by atoms with E-state index in [0.717, 1.165) is 42.3 Å². The van der Waals surface area contributed by atoms with Gasteiger partial charge in [-0.2, -0.15) is 0 Å². The van der Waals surface area contributed by atoms with Gasteiger partial charge in [-0.15, -0.1) is 0 Å². The first-order valence-corrected chi connectivity index (χ1v) is 9.16. The van der Waals surface area contributed by atoms with Crippen molar-refractivity contribution in [1.29, 1.82) is 0 Å². The first-order chi connectivity index (χ1) is 13.2. The summed E-state index contributed by atoms with van der Waals surface area (Å²) in [6.07, 6.45) is 4.68. The van der Waals surface area contributed by atoms with Crippen LogP contribution >= 0.6 is 0 Å². The molecule has 0 atom stereocenters. The molecule has 0 radical (unpaired) electrons. The number of benzene rings is 1. The molecule has 27 heavy (non-hydrogen) atoms. The molecule has 6 heteroatoms. The van der Waals surface area contributed by atoms with Crippen LogP contribution < -0.4 is 10.6 Å². The van der Waals surface area contributed by atoms with E-state index in [1.165, 1.54) is 0 Å². The van der Waals surface area contributed by atoms with Gasteiger partial charge in [-0.3, -0.25) is 4.98 Å². The molecule has 0 fully saturated rings. The van der Waals surface area contributed by atoms with Gasteiger partial charge in [0.05, 0.1) is 0 Å². The molecule has 6 nitrogen and oxygen atoms in total. The van der Waals surface area contributed by atoms with Crippen molar-refractivity contribution in [3.8, 4) is 11.4 Å². The highest BCUT2D eigenvalue weighted by atomic mass is 15.1. The second kappa shape index (κ2) is 9.64. The maximum absolute atomic E-state index is 4.69. The van der Waals surface area contributed by atoms with Crippen molar-refractivity contribution < 1.29 is 0 Å². The van der Waals surface area contributed by atoms with Crippen LogP contribution in [-0.4, -0.2) is 47.0 Å². The Bertz CT molecular complexity index is 821. The Kier molecular flexibility index (Phi) is 6.71. The van der Waals surface area contributed by atoms with Crippen molar-refractivity contribution in [2.24, 2.45) is 0 Å². The lowest BCUT2D eigenvalue weighted by Crippen LogP contribution is -2.17. The number of pyridine rings is 1. The fraction of sp³-hybridized carbons (Fsp3) is 0.286. The number of rotatable bonds is 9. The van der Waals surface area contributed by atoms with E-state index in [1.54, 1.807) is 6.20 Å². The van der Waals surface area contributed by atoms with Crippen LogP contribution in [0.5, 0.6) is 0 Å². The third kappa shape index (κ3) is 6.04. The summed E-state index contributed by atoms with van der Waals surface area (Å²) in [5.41, 5.74) is 2.11. The summed E-state index contributed by atoms with van der Waals surface area (Å²) in [7, 11) is 4.16. The minimum Gasteiger partial charge on any atom is -0.370 e. The smallest absolute Gasteiger partial charge is 0.163 e. The van der Waals surface area contributed by atoms with Crippen LogP contribution in [0.4, 0.5) is 11.6 Å². The Labute approximate surface area is 160 Å². The van der Waals surface area contributed by atoms with Crippen molar-refractivity contribution in [3.63, 3.8) is 0 Å². The number of nitrogens with one attached hydrogen (secondary N) is 2. The van der Waals surface area contributed by atoms with Crippen LogP contribution in [-0.2, 0) is 6.54 Å². The minimum atomic E-state index is 0.666. The molecule has 0 saturated carbocycles. The predicted molar refractivity (Wildman–Crippen MR) is 111 cm³/mol. The summed E-state index contributed by atoms with van der Waals surface area (Å²) >= 11 is 0. The molecule has 3 rings (SSSR count). The second-order valence-corrected chi connectivity index (χ2v) is 6.63. The molecular formula is C21H26N6. The van der Waals surface area contributed by atoms with Crippen molar-refractivity contribution in [2.75, 3.05) is 37.8 Å². The standard InChI is InChI=1S/C21H26N6/c1-27(2)13-7-12-23-19-14-20(24-16-17-8-6-11-22-15-17)26-21(25-19)18-9-4-3-5-10-18/h3-6,8-11,14-15H,7,12-13,16H2,1-2H3,(H2,23,24,25,26). The Morgan fingerprint density at radius 2 is 1.70 bits per heavy atom. The van der Waals surface area contributed by atoms with Gasteiger partial charge in [-0.05, 0) is 38.7 Å². The van der Waals surface area contributed by atoms with Gasteiger partial charge in [0.1, 0.15) is 11.6 Å². The van der Waals surface area contributed by atoms with Crippen LogP contribution in [0.25, 0.3) is 11.4 Å². The van der Waals surface area contributed by atoms with Crippen LogP contribution in [0.2, 0.25) is 0 Å². The van der Waals surface area contributed by atoms with Gasteiger partial charge in [0.25, 0.3) is 0 Å². The van der Waals surface area contributed by atoms with Gasteiger partial charge in [0, 0.05) is 37.1 Å². The quantitative estimate of drug-likeness (QED) is 0.568. The average Bonchev–Trinajstić information content (AvgIpc) is 2.71. The number of hydrogen-bond donors (Lipinski definition) is 2. The highest BCUT2D eigenvalue weighted by Crippen LogP contribution is 2.20. The Hall–Kier alpha value is -2.99. The fourth-order valence-corrected chi connectivity index (χ4v) is 2.65. The maximum atomic E-state index is 4.69. The topological polar surface area (TPSA) is 66.0 Å². The molecule has 0 spiro atoms. The largest absolute Gasteiger partial charge is 0.370 e. The lowest BCUT2D eigenvalue weighted by molar-refractivity contribution is 0.405. The van der Waals surface area contributed by atoms with Crippen LogP contribution in [0.3, 0.4) is 0 Å². The van der Waals surface area contributed by atoms with Crippen molar-refractivity contribution in [1.82, 2.24) is 19.9 Å². The monoisotopic (exact) mass is 362 g/mol. The van der Waals surface area contributed by atoms with Gasteiger partial charge < -0.3 is 15.5 Å². The Morgan fingerprint density at radius 1 is 0.926 bits per heavy atom. The lowest BCUT2D eigenvalue weighted by Gasteiger charge is -2.13. The molecule has 0 amide bonds. The summed E-state index contributed by atoms with van der Waals surface area (Å²) in [4.78, 5) is 15.7. The molecule has 2 N–H and O–H groups in total. The van der Waals surface area contributed by atoms with Gasteiger partial charge >= 0.3 is 0 Å². The average molecular weight is 362 g/mol. The lowest BCUT2D eigenvalue weighted by atomic mass is 10.2. The summed E-state index contributed by atoms with van der Waals surface area (Å²) in [5, 5.41) is 6.80. The molecular weight excluding hydrogens is 336 g/mol. The summed E-state index contributed by atoms with van der Waals surface area (Å²) in [6.45, 7) is 2.57. The zero-order valence-corrected chi connectivity index (χ0v) is 15.9. The molecule has 0 bridgehead atoms. The van der Waals surface area contributed by atoms with E-state index in [-0.39, 0.29) is 0 Å². The molecule has 2 heterocycles. The van der Waals surface area contributed by atoms with Crippen LogP contribution in [0.15, 0.2) is 60.9 Å². The molecule has 0 saturated heterocycles. The SMILES string of the molecule is CN(C)CCCNc1cc(NCc2cccnc2)nc(-c2ccccc2)n1. The van der Waals surface area contributed by atoms with Crippen LogP contribution in [0.1, 0.15) is 12.0 Å². The summed E-state index contributed by atoms with van der Waals surface area (Å²) < 4.78 is 0. The third-order valence-corrected chi connectivity index (χ3v) is 4.04. The highest BCUT2D eigenvalue weighted by molar-refractivity contribution is 5.61. The molecule has 2 aromatic heterocycles. The molecule has 1 aromatic carbocycles. The van der Waals surface area contributed by atoms with Gasteiger partial charge in [-0.25, -0.2) is 9.97 Å². The van der Waals surface area contributed by atoms with E-state index in [0.29, 0.717) is 12.4 Å². The molecule has 3 aromatic rings. The summed E-state index contributed by atoms with van der Waals surface area (Å²) in [5.74, 6) is 2.33. The van der Waals surface area contributed by atoms with E-state index in [4.69, 9.17) is 0 Å². The first kappa shape index (κ1) is 18.8. The number of nitrogens with zero attached hydrogens (tertiary/aromatic N) is 4. The number of anilines is 2. The predicted octanol–water partition coefficient (Wildman–Crippen LogP) is 3.51. The number of aromatic nitrogens is 3. The molecule has 0 unspecified atom stereocenters. The zero-order valence-electron chi connectivity index (χ0n) is 15.9. The van der Waals surface area contributed by atoms with E-state index < -0.39 is 0 Å². The van der Waals surface area contributed by atoms with E-state index in [2.05, 4.69) is 44.6 Å². The second-order valence-electron chi connectivity index (χ2n) is 6.63. The van der Waals surface area contributed by atoms with Gasteiger partial charge in [0.15, 0.2) is 5.82 Å². The third-order valence-electron chi connectivity index (χ3n) is 4.04. The van der Waals surface area contributed by atoms with Gasteiger partial charge in [0.2, 0.25) is 0 Å². The minimum absolute atomic E-state index is 0.666. The van der Waals surface area contributed by atoms with Crippen molar-refractivity contribution in [3.05, 3.63) is 66.5 Å². The molecule has 140 valence electrons. The molecule has 0 aliphatic rings. The molecule has 0 aliphatic carbocycles. The van der Waals surface area contributed by atoms with E-state index in [1.807, 2.05) is 54.7 Å². The summed E-state index contributed by atoms with van der Waals surface area (Å²) in [6, 6.07) is 16.0. The van der Waals surface area contributed by atoms with Gasteiger partial charge in [-0.1, -0.05) is 36.4 Å². The number of hydrogen-bond acceptors (Lipinski definition) is 6. The van der Waals surface area contributed by atoms with E-state index >= 15 is 0 Å². The van der Waals surface area contributed by atoms with Crippen molar-refractivity contribution in [2.45, 2.75) is 13.0 Å². The zero-order chi connectivity index (χ0) is 18.9. The molecule has 0 aliphatic heterocycles. The fourth-order valence-electron chi connectivity index (χ4n) is 2.65. The van der Waals surface area contributed by atoms with Crippen molar-refractivity contribution >= 4 is 11.6 Å². The normalized spacial score (nSPS) is 10.8.